The first-order chi connectivity index (χ1) is 4.00. The maximum absolute atomic E-state index is 3.77. The van der Waals surface area contributed by atoms with E-state index in [1.807, 2.05) is 0 Å². The van der Waals surface area contributed by atoms with Gasteiger partial charge in [-0.1, -0.05) is 41.5 Å². The van der Waals surface area contributed by atoms with Gasteiger partial charge in [-0.25, -0.2) is 0 Å². The second-order valence-electron chi connectivity index (χ2n) is 5.12. The van der Waals surface area contributed by atoms with Crippen LogP contribution in [0.1, 0.15) is 41.5 Å². The van der Waals surface area contributed by atoms with Gasteiger partial charge in [-0.15, -0.1) is 0 Å². The number of hydrogen-bond acceptors (Lipinski definition) is 0. The molecule has 0 saturated carbocycles. The third-order valence-corrected chi connectivity index (χ3v) is 0. The molecule has 0 aromatic carbocycles. The first-order valence-corrected chi connectivity index (χ1v) is 3.71. The Hall–Kier alpha value is 1.12. The largest absolute Gasteiger partial charge is 2.00 e. The van der Waals surface area contributed by atoms with E-state index < -0.39 is 0 Å². The third kappa shape index (κ3) is 912. The van der Waals surface area contributed by atoms with Gasteiger partial charge in [0.2, 0.25) is 0 Å². The van der Waals surface area contributed by atoms with Crippen LogP contribution in [0.5, 0.6) is 0 Å². The summed E-state index contributed by atoms with van der Waals surface area (Å²) < 4.78 is 0. The van der Waals surface area contributed by atoms with Gasteiger partial charge in [-0.2, -0.15) is 10.8 Å². The Kier molecular flexibility index (Phi) is 16.8. The summed E-state index contributed by atoms with van der Waals surface area (Å²) in [6.45, 7) is 20.0. The molecule has 0 aliphatic carbocycles. The first kappa shape index (κ1) is 23.2. The maximum atomic E-state index is 3.77. The van der Waals surface area contributed by atoms with E-state index in [0.29, 0.717) is 0 Å². The molecule has 0 aromatic rings. The Morgan fingerprint density at radius 2 is 0.667 bits per heavy atom. The van der Waals surface area contributed by atoms with Crippen LogP contribution in [0.4, 0.5) is 0 Å². The van der Waals surface area contributed by atoms with Crippen molar-refractivity contribution in [1.29, 1.82) is 0 Å². The monoisotopic (exact) mass is 212 g/mol. The maximum Gasteiger partial charge on any atom is 2.00 e. The molecular weight excluding hydrogens is 191 g/mol. The number of rotatable bonds is 0. The van der Waals surface area contributed by atoms with Crippen LogP contribution in [0.2, 0.25) is 0 Å². The van der Waals surface area contributed by atoms with Crippen LogP contribution >= 0.6 is 0 Å². The summed E-state index contributed by atoms with van der Waals surface area (Å²) in [7, 11) is 0. The van der Waals surface area contributed by atoms with Gasteiger partial charge in [0.1, 0.15) is 0 Å². The predicted molar refractivity (Wildman–Crippen MR) is 55.4 cm³/mol. The predicted octanol–water partition coefficient (Wildman–Crippen LogP) is 3.35. The minimum absolute atomic E-state index is 0. The molecule has 0 nitrogen and oxygen atoms in total. The van der Waals surface area contributed by atoms with Crippen molar-refractivity contribution in [2.24, 2.45) is 10.8 Å². The zero-order valence-corrected chi connectivity index (χ0v) is 10.7. The summed E-state index contributed by atoms with van der Waals surface area (Å²) in [5.74, 6) is 0. The molecule has 2 radical (unpaired) electrons. The molecule has 12 heavy (non-hydrogen) atoms. The molecule has 0 atom stereocenters. The summed E-state index contributed by atoms with van der Waals surface area (Å²) in [5.41, 5.74) is 0.500. The van der Waals surface area contributed by atoms with Crippen LogP contribution in [-0.2, 0) is 17.1 Å². The molecule has 2 heteroatoms. The molecule has 0 rings (SSSR count). The fraction of sp³-hybridized carbons (Fsp3) is 0.800. The molecule has 0 aliphatic rings. The summed E-state index contributed by atoms with van der Waals surface area (Å²) in [5, 5.41) is 0. The Balaban J connectivity index is -0.0000000457. The van der Waals surface area contributed by atoms with Gasteiger partial charge < -0.3 is 13.8 Å². The fourth-order valence-electron chi connectivity index (χ4n) is 0. The second kappa shape index (κ2) is 8.70. The average Bonchev–Trinajstić information content (AvgIpc) is 1.12. The quantitative estimate of drug-likeness (QED) is 0.427. The molecular formula is C10H22CuLi. The van der Waals surface area contributed by atoms with E-state index in [-0.39, 0.29) is 46.8 Å². The van der Waals surface area contributed by atoms with E-state index in [2.05, 4.69) is 55.4 Å². The molecule has 0 aliphatic heterocycles. The Morgan fingerprint density at radius 1 is 0.667 bits per heavy atom. The first-order valence-electron chi connectivity index (χ1n) is 3.71. The van der Waals surface area contributed by atoms with Crippen LogP contribution in [0.15, 0.2) is 0 Å². The van der Waals surface area contributed by atoms with Gasteiger partial charge in [-0.05, 0) is 0 Å². The van der Waals surface area contributed by atoms with Gasteiger partial charge in [0.25, 0.3) is 0 Å². The van der Waals surface area contributed by atoms with Crippen LogP contribution in [-0.4, -0.2) is 18.9 Å². The van der Waals surface area contributed by atoms with Crippen LogP contribution in [0, 0.1) is 24.7 Å². The smallest absolute Gasteiger partial charge is 0.338 e. The summed E-state index contributed by atoms with van der Waals surface area (Å²) in [4.78, 5) is 0. The summed E-state index contributed by atoms with van der Waals surface area (Å²) >= 11 is 0. The van der Waals surface area contributed by atoms with E-state index in [0.717, 1.165) is 0 Å². The minimum Gasteiger partial charge on any atom is -0.338 e. The van der Waals surface area contributed by atoms with Crippen LogP contribution < -0.4 is 0 Å². The zero-order valence-electron chi connectivity index (χ0n) is 9.72. The van der Waals surface area contributed by atoms with Gasteiger partial charge in [-0.3, -0.25) is 0 Å². The van der Waals surface area contributed by atoms with Crippen molar-refractivity contribution in [1.82, 2.24) is 0 Å². The molecule has 74 valence electrons. The van der Waals surface area contributed by atoms with Crippen molar-refractivity contribution in [3.8, 4) is 0 Å². The Labute approximate surface area is 102 Å². The zero-order chi connectivity index (χ0) is 9.00. The molecule has 0 saturated heterocycles. The molecule has 0 aromatic heterocycles. The molecule has 0 amide bonds. The van der Waals surface area contributed by atoms with Gasteiger partial charge in [0.15, 0.2) is 0 Å². The van der Waals surface area contributed by atoms with E-state index in [1.165, 1.54) is 0 Å². The van der Waals surface area contributed by atoms with E-state index in [9.17, 15) is 0 Å². The van der Waals surface area contributed by atoms with Gasteiger partial charge in [0.05, 0.1) is 0 Å². The molecule has 0 unspecified atom stereocenters. The molecule has 0 bridgehead atoms. The van der Waals surface area contributed by atoms with Crippen LogP contribution in [0.25, 0.3) is 0 Å². The summed E-state index contributed by atoms with van der Waals surface area (Å²) in [6.07, 6.45) is 0. The SMILES string of the molecule is [CH2-]C(C)(C)C.[CH2-]C(C)(C)C.[Cu+2].[Li]. The standard InChI is InChI=1S/2C5H11.Cu.Li/c2*1-5(2,3)4;;/h2*1H2,2-4H3;;/q2*-1;+2;. The van der Waals surface area contributed by atoms with Crippen LogP contribution in [0.3, 0.4) is 0 Å². The van der Waals surface area contributed by atoms with E-state index >= 15 is 0 Å². The normalized spacial score (nSPS) is 10.0. The van der Waals surface area contributed by atoms with Crippen molar-refractivity contribution in [3.05, 3.63) is 13.8 Å². The van der Waals surface area contributed by atoms with E-state index in [1.54, 1.807) is 0 Å². The molecule has 0 spiro atoms. The van der Waals surface area contributed by atoms with Crippen molar-refractivity contribution < 1.29 is 17.1 Å². The Bertz CT molecular complexity index is 52.8. The second-order valence-corrected chi connectivity index (χ2v) is 5.12. The topological polar surface area (TPSA) is 0 Å². The van der Waals surface area contributed by atoms with E-state index in [4.69, 9.17) is 0 Å². The van der Waals surface area contributed by atoms with Gasteiger partial charge >= 0.3 is 17.1 Å². The van der Waals surface area contributed by atoms with Gasteiger partial charge in [0, 0.05) is 18.9 Å². The molecule has 0 heterocycles. The van der Waals surface area contributed by atoms with Crippen molar-refractivity contribution >= 4 is 18.9 Å². The summed E-state index contributed by atoms with van der Waals surface area (Å²) in [6, 6.07) is 0. The minimum atomic E-state index is 0. The molecule has 0 N–H and O–H groups in total. The molecule has 0 fully saturated rings. The number of hydrogen-bond donors (Lipinski definition) is 0. The Morgan fingerprint density at radius 3 is 0.667 bits per heavy atom. The third-order valence-electron chi connectivity index (χ3n) is 0. The van der Waals surface area contributed by atoms with Crippen molar-refractivity contribution in [2.75, 3.05) is 0 Å². The fourth-order valence-corrected chi connectivity index (χ4v) is 0. The van der Waals surface area contributed by atoms with Crippen molar-refractivity contribution in [2.45, 2.75) is 41.5 Å². The average molecular weight is 213 g/mol. The van der Waals surface area contributed by atoms with Crippen molar-refractivity contribution in [3.63, 3.8) is 0 Å².